The molecule has 0 bridgehead atoms. The fourth-order valence-electron chi connectivity index (χ4n) is 10.1. The Labute approximate surface area is 524 Å². The largest absolute Gasteiger partial charge is 0.472 e. The van der Waals surface area contributed by atoms with Gasteiger partial charge in [0.05, 0.1) is 26.4 Å². The van der Waals surface area contributed by atoms with Crippen molar-refractivity contribution in [3.63, 3.8) is 0 Å². The molecule has 0 spiro atoms. The molecule has 86 heavy (non-hydrogen) atoms. The molecule has 0 fully saturated rings. The number of aliphatic hydroxyl groups excluding tert-OH is 1. The first-order valence-electron chi connectivity index (χ1n) is 35.0. The van der Waals surface area contributed by atoms with E-state index in [1.807, 2.05) is 0 Å². The summed E-state index contributed by atoms with van der Waals surface area (Å²) in [6.07, 6.45) is 43.0. The fourth-order valence-corrected chi connectivity index (χ4v) is 11.6. The van der Waals surface area contributed by atoms with E-state index in [4.69, 9.17) is 37.0 Å². The molecule has 0 aliphatic heterocycles. The standard InChI is InChI=1S/C67H130O17P2/c1-7-9-11-13-15-17-24-31-37-43-49-64(69)77-55-62(83-66(71)51-45-39-33-25-18-16-14-12-10-8-2)57-81-85(73,74)79-53-61(68)54-80-86(75,76)82-58-63(56-78-65(70)50-44-38-32-28-27-30-36-42-48-60(5)6)84-67(72)52-46-40-34-26-22-20-19-21-23-29-35-41-47-59(3)4/h59-63,68H,7-58H2,1-6H3,(H,73,74)(H,75,76)/t61-,62+,63+/m0/s1. The molecule has 0 rings (SSSR count). The average molecular weight is 1270 g/mol. The van der Waals surface area contributed by atoms with Crippen LogP contribution >= 0.6 is 15.6 Å². The smallest absolute Gasteiger partial charge is 0.462 e. The first kappa shape index (κ1) is 84.1. The third-order valence-corrected chi connectivity index (χ3v) is 17.4. The molecule has 0 aromatic rings. The van der Waals surface area contributed by atoms with Crippen LogP contribution in [0.2, 0.25) is 0 Å². The van der Waals surface area contributed by atoms with E-state index in [9.17, 15) is 43.2 Å². The van der Waals surface area contributed by atoms with Crippen LogP contribution in [0.1, 0.15) is 337 Å². The molecule has 0 amide bonds. The highest BCUT2D eigenvalue weighted by Crippen LogP contribution is 2.45. The van der Waals surface area contributed by atoms with Crippen LogP contribution in [0.3, 0.4) is 0 Å². The highest BCUT2D eigenvalue weighted by molar-refractivity contribution is 7.47. The molecule has 2 unspecified atom stereocenters. The van der Waals surface area contributed by atoms with Crippen LogP contribution in [0.5, 0.6) is 0 Å². The number of phosphoric acid groups is 2. The molecule has 19 heteroatoms. The molecule has 5 atom stereocenters. The summed E-state index contributed by atoms with van der Waals surface area (Å²) in [4.78, 5) is 72.3. The minimum atomic E-state index is -4.95. The van der Waals surface area contributed by atoms with Crippen molar-refractivity contribution < 1.29 is 80.2 Å². The van der Waals surface area contributed by atoms with Gasteiger partial charge in [-0.3, -0.25) is 37.3 Å². The van der Waals surface area contributed by atoms with Gasteiger partial charge >= 0.3 is 39.5 Å². The van der Waals surface area contributed by atoms with Crippen molar-refractivity contribution in [2.75, 3.05) is 39.6 Å². The molecule has 0 radical (unpaired) electrons. The minimum Gasteiger partial charge on any atom is -0.462 e. The van der Waals surface area contributed by atoms with E-state index in [0.29, 0.717) is 25.7 Å². The lowest BCUT2D eigenvalue weighted by atomic mass is 10.0. The highest BCUT2D eigenvalue weighted by atomic mass is 31.2. The van der Waals surface area contributed by atoms with Gasteiger partial charge in [-0.2, -0.15) is 0 Å². The molecule has 510 valence electrons. The first-order chi connectivity index (χ1) is 41.4. The molecule has 3 N–H and O–H groups in total. The maximum atomic E-state index is 13.0. The zero-order valence-electron chi connectivity index (χ0n) is 55.6. The van der Waals surface area contributed by atoms with E-state index in [1.165, 1.54) is 154 Å². The van der Waals surface area contributed by atoms with E-state index in [-0.39, 0.29) is 25.7 Å². The van der Waals surface area contributed by atoms with Crippen LogP contribution in [0, 0.1) is 11.8 Å². The number of phosphoric ester groups is 2. The number of unbranched alkanes of at least 4 members (excludes halogenated alkanes) is 36. The van der Waals surface area contributed by atoms with Gasteiger partial charge < -0.3 is 33.8 Å². The molecule has 0 saturated carbocycles. The second-order valence-corrected chi connectivity index (χ2v) is 28.1. The summed E-state index contributed by atoms with van der Waals surface area (Å²) in [5.74, 6) is -0.626. The Morgan fingerprint density at radius 2 is 0.535 bits per heavy atom. The van der Waals surface area contributed by atoms with Crippen LogP contribution in [0.15, 0.2) is 0 Å². The zero-order valence-corrected chi connectivity index (χ0v) is 57.4. The average Bonchev–Trinajstić information content (AvgIpc) is 3.66. The Hall–Kier alpha value is -1.94. The second-order valence-electron chi connectivity index (χ2n) is 25.2. The number of rotatable bonds is 66. The van der Waals surface area contributed by atoms with E-state index in [0.717, 1.165) is 102 Å². The summed E-state index contributed by atoms with van der Waals surface area (Å²) in [5.41, 5.74) is 0. The van der Waals surface area contributed by atoms with Gasteiger partial charge in [-0.25, -0.2) is 9.13 Å². The van der Waals surface area contributed by atoms with Gasteiger partial charge in [0.2, 0.25) is 0 Å². The molecule has 0 aliphatic rings. The quantitative estimate of drug-likeness (QED) is 0.0222. The van der Waals surface area contributed by atoms with Crippen LogP contribution in [-0.2, 0) is 65.4 Å². The number of carbonyl (C=O) groups excluding carboxylic acids is 4. The van der Waals surface area contributed by atoms with Gasteiger partial charge in [0.25, 0.3) is 0 Å². The van der Waals surface area contributed by atoms with Crippen molar-refractivity contribution in [2.24, 2.45) is 11.8 Å². The van der Waals surface area contributed by atoms with Crippen molar-refractivity contribution >= 4 is 39.5 Å². The van der Waals surface area contributed by atoms with Crippen molar-refractivity contribution in [1.82, 2.24) is 0 Å². The SMILES string of the molecule is CCCCCCCCCCCCC(=O)OC[C@H](COP(=O)(O)OC[C@H](O)COP(=O)(O)OC[C@@H](COC(=O)CCCCCCCCCCC(C)C)OC(=O)CCCCCCCCCCCCCCC(C)C)OC(=O)CCCCCCCCCCCC. The van der Waals surface area contributed by atoms with Crippen LogP contribution in [0.25, 0.3) is 0 Å². The van der Waals surface area contributed by atoms with Gasteiger partial charge in [0.1, 0.15) is 19.3 Å². The Morgan fingerprint density at radius 3 is 0.791 bits per heavy atom. The maximum absolute atomic E-state index is 13.0. The van der Waals surface area contributed by atoms with E-state index in [1.54, 1.807) is 0 Å². The van der Waals surface area contributed by atoms with E-state index in [2.05, 4.69) is 41.5 Å². The van der Waals surface area contributed by atoms with E-state index < -0.39 is 97.5 Å². The van der Waals surface area contributed by atoms with E-state index >= 15 is 0 Å². The molecular weight excluding hydrogens is 1140 g/mol. The van der Waals surface area contributed by atoms with Gasteiger partial charge in [-0.15, -0.1) is 0 Å². The summed E-state index contributed by atoms with van der Waals surface area (Å²) >= 11 is 0. The molecule has 0 heterocycles. The van der Waals surface area contributed by atoms with Crippen molar-refractivity contribution in [3.8, 4) is 0 Å². The number of esters is 4. The van der Waals surface area contributed by atoms with Gasteiger partial charge in [-0.1, -0.05) is 286 Å². The van der Waals surface area contributed by atoms with Crippen LogP contribution in [0.4, 0.5) is 0 Å². The number of aliphatic hydroxyl groups is 1. The molecule has 0 saturated heterocycles. The number of hydrogen-bond donors (Lipinski definition) is 3. The molecule has 0 aliphatic carbocycles. The Kier molecular flexibility index (Phi) is 58.0. The van der Waals surface area contributed by atoms with Gasteiger partial charge in [-0.05, 0) is 37.5 Å². The Morgan fingerprint density at radius 1 is 0.314 bits per heavy atom. The monoisotopic (exact) mass is 1270 g/mol. The zero-order chi connectivity index (χ0) is 63.6. The van der Waals surface area contributed by atoms with Gasteiger partial charge in [0, 0.05) is 25.7 Å². The fraction of sp³-hybridized carbons (Fsp3) is 0.940. The topological polar surface area (TPSA) is 237 Å². The Bertz CT molecular complexity index is 1680. The third kappa shape index (κ3) is 60.9. The van der Waals surface area contributed by atoms with Crippen LogP contribution in [-0.4, -0.2) is 96.7 Å². The summed E-state index contributed by atoms with van der Waals surface area (Å²) < 4.78 is 68.1. The number of carbonyl (C=O) groups is 4. The maximum Gasteiger partial charge on any atom is 0.472 e. The third-order valence-electron chi connectivity index (χ3n) is 15.5. The predicted octanol–water partition coefficient (Wildman–Crippen LogP) is 18.8. The summed E-state index contributed by atoms with van der Waals surface area (Å²) in [6, 6.07) is 0. The lowest BCUT2D eigenvalue weighted by Gasteiger charge is -2.21. The highest BCUT2D eigenvalue weighted by Gasteiger charge is 2.30. The summed E-state index contributed by atoms with van der Waals surface area (Å²) in [5, 5.41) is 10.6. The number of hydrogen-bond acceptors (Lipinski definition) is 15. The van der Waals surface area contributed by atoms with Gasteiger partial charge in [0.15, 0.2) is 12.2 Å². The second kappa shape index (κ2) is 59.4. The van der Waals surface area contributed by atoms with Crippen LogP contribution < -0.4 is 0 Å². The normalized spacial score (nSPS) is 14.2. The first-order valence-corrected chi connectivity index (χ1v) is 38.0. The Balaban J connectivity index is 5.23. The lowest BCUT2D eigenvalue weighted by molar-refractivity contribution is -0.161. The van der Waals surface area contributed by atoms with Crippen molar-refractivity contribution in [1.29, 1.82) is 0 Å². The minimum absolute atomic E-state index is 0.106. The molecule has 0 aromatic heterocycles. The van der Waals surface area contributed by atoms with Crippen molar-refractivity contribution in [2.45, 2.75) is 355 Å². The van der Waals surface area contributed by atoms with Crippen molar-refractivity contribution in [3.05, 3.63) is 0 Å². The molecule has 17 nitrogen and oxygen atoms in total. The summed E-state index contributed by atoms with van der Waals surface area (Å²) in [6.45, 7) is 9.48. The summed E-state index contributed by atoms with van der Waals surface area (Å²) in [7, 11) is -9.89. The lowest BCUT2D eigenvalue weighted by Crippen LogP contribution is -2.30. The predicted molar refractivity (Wildman–Crippen MR) is 345 cm³/mol. The number of ether oxygens (including phenoxy) is 4. The molecule has 0 aromatic carbocycles. The molecular formula is C67H130O17P2.